The number of rotatable bonds is 4. The lowest BCUT2D eigenvalue weighted by Gasteiger charge is -2.13. The van der Waals surface area contributed by atoms with Crippen molar-refractivity contribution in [2.75, 3.05) is 5.32 Å². The molecule has 1 N–H and O–H groups in total. The topological polar surface area (TPSA) is 29.9 Å². The van der Waals surface area contributed by atoms with Crippen LogP contribution in [0.25, 0.3) is 0 Å². The minimum absolute atomic E-state index is 0.114. The normalized spacial score (nSPS) is 11.1. The fourth-order valence-electron chi connectivity index (χ4n) is 1.78. The summed E-state index contributed by atoms with van der Waals surface area (Å²) >= 11 is 2.94. The summed E-state index contributed by atoms with van der Waals surface area (Å²) in [5, 5.41) is 2.88. The van der Waals surface area contributed by atoms with Gasteiger partial charge in [-0.3, -0.25) is 0 Å². The molecule has 0 aliphatic heterocycles. The van der Waals surface area contributed by atoms with Crippen LogP contribution in [0.2, 0.25) is 0 Å². The van der Waals surface area contributed by atoms with Gasteiger partial charge in [-0.15, -0.1) is 0 Å². The van der Waals surface area contributed by atoms with E-state index in [9.17, 15) is 8.78 Å². The number of aromatic nitrogens is 2. The van der Waals surface area contributed by atoms with Gasteiger partial charge in [-0.1, -0.05) is 0 Å². The van der Waals surface area contributed by atoms with Gasteiger partial charge >= 0.3 is 0 Å². The summed E-state index contributed by atoms with van der Waals surface area (Å²) in [5.74, 6) is -0.995. The van der Waals surface area contributed by atoms with Crippen LogP contribution >= 0.6 is 15.9 Å². The lowest BCUT2D eigenvalue weighted by molar-refractivity contribution is 0.575. The molecule has 0 saturated carbocycles. The van der Waals surface area contributed by atoms with Crippen molar-refractivity contribution in [1.29, 1.82) is 0 Å². The Hall–Kier alpha value is -1.43. The second-order valence-electron chi connectivity index (χ2n) is 4.49. The first-order valence-corrected chi connectivity index (χ1v) is 6.67. The van der Waals surface area contributed by atoms with Gasteiger partial charge in [0.1, 0.15) is 11.6 Å². The summed E-state index contributed by atoms with van der Waals surface area (Å²) in [6.07, 6.45) is 3.43. The number of nitrogens with one attached hydrogen (secondary N) is 1. The van der Waals surface area contributed by atoms with Gasteiger partial charge in [0.25, 0.3) is 0 Å². The lowest BCUT2D eigenvalue weighted by Crippen LogP contribution is -2.09. The highest BCUT2D eigenvalue weighted by Gasteiger charge is 2.10. The smallest absolute Gasteiger partial charge is 0.147 e. The number of anilines is 1. The van der Waals surface area contributed by atoms with Crippen molar-refractivity contribution in [3.05, 3.63) is 46.5 Å². The zero-order valence-corrected chi connectivity index (χ0v) is 12.2. The Bertz CT molecular complexity index is 581. The van der Waals surface area contributed by atoms with Crippen LogP contribution in [0.3, 0.4) is 0 Å². The van der Waals surface area contributed by atoms with E-state index in [0.29, 0.717) is 6.54 Å². The first-order valence-electron chi connectivity index (χ1n) is 5.88. The van der Waals surface area contributed by atoms with E-state index in [1.165, 1.54) is 0 Å². The molecule has 19 heavy (non-hydrogen) atoms. The first kappa shape index (κ1) is 14.0. The minimum atomic E-state index is -0.499. The Morgan fingerprint density at radius 1 is 1.32 bits per heavy atom. The van der Waals surface area contributed by atoms with Crippen LogP contribution in [-0.4, -0.2) is 9.55 Å². The predicted molar refractivity (Wildman–Crippen MR) is 74.0 cm³/mol. The number of hydrogen-bond donors (Lipinski definition) is 1. The van der Waals surface area contributed by atoms with Crippen molar-refractivity contribution in [2.24, 2.45) is 0 Å². The first-order chi connectivity index (χ1) is 8.99. The standard InChI is InChI=1S/C13H14BrF2N3/c1-8(2)19-7-17-5-9(19)6-18-13-4-11(15)10(14)3-12(13)16/h3-5,7-8,18H,6H2,1-2H3. The molecule has 1 heterocycles. The van der Waals surface area contributed by atoms with Gasteiger partial charge in [-0.05, 0) is 35.8 Å². The molecule has 0 unspecified atom stereocenters. The number of hydrogen-bond acceptors (Lipinski definition) is 2. The third-order valence-corrected chi connectivity index (χ3v) is 3.38. The average molecular weight is 330 g/mol. The molecule has 1 aromatic heterocycles. The maximum atomic E-state index is 13.6. The second-order valence-corrected chi connectivity index (χ2v) is 5.34. The zero-order valence-electron chi connectivity index (χ0n) is 10.6. The van der Waals surface area contributed by atoms with Gasteiger partial charge in [0.2, 0.25) is 0 Å². The molecular formula is C13H14BrF2N3. The highest BCUT2D eigenvalue weighted by molar-refractivity contribution is 9.10. The van der Waals surface area contributed by atoms with Gasteiger partial charge in [0.15, 0.2) is 0 Å². The maximum absolute atomic E-state index is 13.6. The van der Waals surface area contributed by atoms with Crippen LogP contribution < -0.4 is 5.32 Å². The highest BCUT2D eigenvalue weighted by Crippen LogP contribution is 2.24. The molecule has 0 bridgehead atoms. The highest BCUT2D eigenvalue weighted by atomic mass is 79.9. The fraction of sp³-hybridized carbons (Fsp3) is 0.308. The van der Waals surface area contributed by atoms with Crippen LogP contribution in [0.1, 0.15) is 25.6 Å². The number of imidazole rings is 1. The molecule has 6 heteroatoms. The van der Waals surface area contributed by atoms with Gasteiger partial charge in [0.05, 0.1) is 28.7 Å². The quantitative estimate of drug-likeness (QED) is 0.855. The molecule has 102 valence electrons. The lowest BCUT2D eigenvalue weighted by atomic mass is 10.3. The van der Waals surface area contributed by atoms with Gasteiger partial charge in [0, 0.05) is 18.3 Å². The third-order valence-electron chi connectivity index (χ3n) is 2.77. The molecule has 0 amide bonds. The summed E-state index contributed by atoms with van der Waals surface area (Å²) in [7, 11) is 0. The molecule has 0 saturated heterocycles. The van der Waals surface area contributed by atoms with E-state index in [1.807, 2.05) is 18.4 Å². The molecular weight excluding hydrogens is 316 g/mol. The van der Waals surface area contributed by atoms with Gasteiger partial charge < -0.3 is 9.88 Å². The molecule has 2 aromatic rings. The Labute approximate surface area is 118 Å². The second kappa shape index (κ2) is 5.69. The Balaban J connectivity index is 2.15. The molecule has 0 aliphatic carbocycles. The van der Waals surface area contributed by atoms with Gasteiger partial charge in [-0.2, -0.15) is 0 Å². The molecule has 0 spiro atoms. The maximum Gasteiger partial charge on any atom is 0.147 e. The van der Waals surface area contributed by atoms with Crippen molar-refractivity contribution in [3.63, 3.8) is 0 Å². The van der Waals surface area contributed by atoms with Crippen molar-refractivity contribution in [3.8, 4) is 0 Å². The SMILES string of the molecule is CC(C)n1cncc1CNc1cc(F)c(Br)cc1F. The van der Waals surface area contributed by atoms with Crippen LogP contribution in [0, 0.1) is 11.6 Å². The van der Waals surface area contributed by atoms with E-state index in [-0.39, 0.29) is 16.2 Å². The fourth-order valence-corrected chi connectivity index (χ4v) is 2.09. The van der Waals surface area contributed by atoms with Crippen LogP contribution in [0.4, 0.5) is 14.5 Å². The van der Waals surface area contributed by atoms with Crippen LogP contribution in [0.5, 0.6) is 0 Å². The molecule has 0 fully saturated rings. The molecule has 0 atom stereocenters. The molecule has 2 rings (SSSR count). The number of nitrogens with zero attached hydrogens (tertiary/aromatic N) is 2. The summed E-state index contributed by atoms with van der Waals surface area (Å²) in [6.45, 7) is 4.45. The molecule has 0 aliphatic rings. The molecule has 0 radical (unpaired) electrons. The van der Waals surface area contributed by atoms with E-state index in [4.69, 9.17) is 0 Å². The summed E-state index contributed by atoms with van der Waals surface area (Å²) in [4.78, 5) is 4.06. The summed E-state index contributed by atoms with van der Waals surface area (Å²) in [6, 6.07) is 2.51. The Morgan fingerprint density at radius 3 is 2.74 bits per heavy atom. The van der Waals surface area contributed by atoms with E-state index in [0.717, 1.165) is 17.8 Å². The zero-order chi connectivity index (χ0) is 14.0. The van der Waals surface area contributed by atoms with E-state index >= 15 is 0 Å². The van der Waals surface area contributed by atoms with Crippen LogP contribution in [0.15, 0.2) is 29.1 Å². The van der Waals surface area contributed by atoms with E-state index < -0.39 is 11.6 Å². The van der Waals surface area contributed by atoms with Gasteiger partial charge in [-0.25, -0.2) is 13.8 Å². The largest absolute Gasteiger partial charge is 0.377 e. The third kappa shape index (κ3) is 3.12. The Kier molecular flexibility index (Phi) is 4.19. The van der Waals surface area contributed by atoms with Crippen molar-refractivity contribution in [1.82, 2.24) is 9.55 Å². The van der Waals surface area contributed by atoms with Crippen LogP contribution in [-0.2, 0) is 6.54 Å². The van der Waals surface area contributed by atoms with Crippen molar-refractivity contribution in [2.45, 2.75) is 26.4 Å². The van der Waals surface area contributed by atoms with Crippen molar-refractivity contribution >= 4 is 21.6 Å². The minimum Gasteiger partial charge on any atom is -0.377 e. The summed E-state index contributed by atoms with van der Waals surface area (Å²) in [5.41, 5.74) is 1.05. The molecule has 1 aromatic carbocycles. The average Bonchev–Trinajstić information content (AvgIpc) is 2.80. The predicted octanol–water partition coefficient (Wildman–Crippen LogP) is 4.12. The monoisotopic (exact) mass is 329 g/mol. The molecule has 3 nitrogen and oxygen atoms in total. The number of benzene rings is 1. The Morgan fingerprint density at radius 2 is 2.05 bits per heavy atom. The van der Waals surface area contributed by atoms with E-state index in [2.05, 4.69) is 26.2 Å². The number of halogens is 3. The van der Waals surface area contributed by atoms with Crippen molar-refractivity contribution < 1.29 is 8.78 Å². The van der Waals surface area contributed by atoms with E-state index in [1.54, 1.807) is 12.5 Å². The summed E-state index contributed by atoms with van der Waals surface area (Å²) < 4.78 is 29.1.